The molecule has 7 heteroatoms. The van der Waals surface area contributed by atoms with Gasteiger partial charge < -0.3 is 25.0 Å². The van der Waals surface area contributed by atoms with Crippen molar-refractivity contribution in [2.24, 2.45) is 11.8 Å². The molecule has 1 fully saturated rings. The van der Waals surface area contributed by atoms with E-state index in [4.69, 9.17) is 9.47 Å². The fourth-order valence-electron chi connectivity index (χ4n) is 5.06. The first kappa shape index (κ1) is 32.7. The molecule has 1 aromatic carbocycles. The second-order valence-corrected chi connectivity index (χ2v) is 10.4. The average molecular weight is 544 g/mol. The van der Waals surface area contributed by atoms with E-state index in [2.05, 4.69) is 23.5 Å². The molecule has 1 amide bonds. The molecule has 1 aliphatic carbocycles. The molecular weight excluding hydrogens is 494 g/mol. The van der Waals surface area contributed by atoms with Crippen LogP contribution >= 0.6 is 0 Å². The van der Waals surface area contributed by atoms with E-state index in [0.29, 0.717) is 45.3 Å². The zero-order valence-corrected chi connectivity index (χ0v) is 23.8. The minimum Gasteiger partial charge on any atom is -0.458 e. The van der Waals surface area contributed by atoms with Crippen LogP contribution in [0.1, 0.15) is 76.7 Å². The van der Waals surface area contributed by atoms with E-state index in [1.165, 1.54) is 5.56 Å². The highest BCUT2D eigenvalue weighted by molar-refractivity contribution is 5.75. The molecule has 0 radical (unpaired) electrons. The number of methoxy groups -OCH3 is 1. The monoisotopic (exact) mass is 543 g/mol. The van der Waals surface area contributed by atoms with Crippen molar-refractivity contribution in [2.75, 3.05) is 20.3 Å². The van der Waals surface area contributed by atoms with Crippen molar-refractivity contribution in [1.29, 1.82) is 0 Å². The summed E-state index contributed by atoms with van der Waals surface area (Å²) in [5.41, 5.74) is 1.18. The summed E-state index contributed by atoms with van der Waals surface area (Å²) in [7, 11) is 1.68. The number of nitrogens with one attached hydrogen (secondary N) is 1. The number of carbonyl (C=O) groups is 2. The Balaban J connectivity index is 1.95. The Hall–Kier alpha value is -2.48. The van der Waals surface area contributed by atoms with E-state index in [-0.39, 0.29) is 23.7 Å². The van der Waals surface area contributed by atoms with E-state index in [1.807, 2.05) is 43.4 Å². The number of aryl methyl sites for hydroxylation is 1. The van der Waals surface area contributed by atoms with Crippen LogP contribution in [-0.2, 0) is 25.5 Å². The Kier molecular flexibility index (Phi) is 16.4. The normalized spacial score (nSPS) is 21.9. The predicted molar refractivity (Wildman–Crippen MR) is 154 cm³/mol. The van der Waals surface area contributed by atoms with E-state index >= 15 is 0 Å². The van der Waals surface area contributed by atoms with Crippen LogP contribution in [0.15, 0.2) is 54.6 Å². The maximum atomic E-state index is 12.6. The zero-order chi connectivity index (χ0) is 28.3. The summed E-state index contributed by atoms with van der Waals surface area (Å²) in [6.45, 7) is 3.25. The van der Waals surface area contributed by atoms with Crippen LogP contribution < -0.4 is 5.32 Å². The van der Waals surface area contributed by atoms with Gasteiger partial charge in [0.1, 0.15) is 6.10 Å². The van der Waals surface area contributed by atoms with E-state index in [0.717, 1.165) is 38.5 Å². The number of ether oxygens (including phenoxy) is 2. The molecule has 1 aromatic rings. The number of hydrogen-bond acceptors (Lipinski definition) is 6. The second kappa shape index (κ2) is 19.6. The maximum absolute atomic E-state index is 12.6. The molecule has 5 atom stereocenters. The summed E-state index contributed by atoms with van der Waals surface area (Å²) >= 11 is 0. The molecule has 3 N–H and O–H groups in total. The van der Waals surface area contributed by atoms with Gasteiger partial charge in [-0.2, -0.15) is 0 Å². The van der Waals surface area contributed by atoms with Crippen molar-refractivity contribution in [3.8, 4) is 0 Å². The Labute approximate surface area is 234 Å². The van der Waals surface area contributed by atoms with E-state index in [9.17, 15) is 19.8 Å². The molecule has 0 unspecified atom stereocenters. The number of aliphatic hydroxyl groups excluding tert-OH is 2. The smallest absolute Gasteiger partial charge is 0.306 e. The minimum atomic E-state index is -0.640. The highest BCUT2D eigenvalue weighted by Crippen LogP contribution is 2.36. The van der Waals surface area contributed by atoms with Crippen LogP contribution in [0.3, 0.4) is 0 Å². The molecule has 0 spiro atoms. The molecule has 218 valence electrons. The van der Waals surface area contributed by atoms with E-state index < -0.39 is 18.3 Å². The predicted octanol–water partition coefficient (Wildman–Crippen LogP) is 4.90. The van der Waals surface area contributed by atoms with Crippen LogP contribution in [0.2, 0.25) is 0 Å². The third-order valence-corrected chi connectivity index (χ3v) is 7.26. The summed E-state index contributed by atoms with van der Waals surface area (Å²) < 4.78 is 10.9. The van der Waals surface area contributed by atoms with Gasteiger partial charge in [-0.25, -0.2) is 0 Å². The molecule has 0 saturated heterocycles. The summed E-state index contributed by atoms with van der Waals surface area (Å²) in [5.74, 6) is -0.470. The van der Waals surface area contributed by atoms with Gasteiger partial charge in [-0.1, -0.05) is 55.0 Å². The molecule has 0 aromatic heterocycles. The SMILES string of the molecule is CCNC(=O)CCC/C=C\C[C@@H]1[C@@H](/C=C/[C@H](CCc2ccccc2)OC(=O)CCCCCOC)[C@H](O)C[C@@H]1O. The molecule has 0 bridgehead atoms. The largest absolute Gasteiger partial charge is 0.458 e. The number of amides is 1. The number of hydrogen-bond donors (Lipinski definition) is 3. The fourth-order valence-corrected chi connectivity index (χ4v) is 5.06. The van der Waals surface area contributed by atoms with Crippen LogP contribution in [0.4, 0.5) is 0 Å². The number of unbranched alkanes of at least 4 members (excludes halogenated alkanes) is 3. The lowest BCUT2D eigenvalue weighted by molar-refractivity contribution is -0.147. The van der Waals surface area contributed by atoms with Gasteiger partial charge in [0.15, 0.2) is 0 Å². The van der Waals surface area contributed by atoms with Gasteiger partial charge in [-0.05, 0) is 69.4 Å². The molecule has 0 heterocycles. The van der Waals surface area contributed by atoms with Crippen molar-refractivity contribution in [2.45, 2.75) is 95.9 Å². The number of benzene rings is 1. The topological polar surface area (TPSA) is 105 Å². The van der Waals surface area contributed by atoms with Gasteiger partial charge in [0.25, 0.3) is 0 Å². The van der Waals surface area contributed by atoms with Crippen LogP contribution in [0.5, 0.6) is 0 Å². The summed E-state index contributed by atoms with van der Waals surface area (Å²) in [4.78, 5) is 24.1. The molecule has 7 nitrogen and oxygen atoms in total. The van der Waals surface area contributed by atoms with E-state index in [1.54, 1.807) is 7.11 Å². The number of allylic oxidation sites excluding steroid dienone is 2. The van der Waals surface area contributed by atoms with Gasteiger partial charge >= 0.3 is 5.97 Å². The highest BCUT2D eigenvalue weighted by Gasteiger charge is 2.39. The third kappa shape index (κ3) is 13.4. The van der Waals surface area contributed by atoms with Gasteiger partial charge in [-0.3, -0.25) is 9.59 Å². The van der Waals surface area contributed by atoms with Crippen LogP contribution in [-0.4, -0.2) is 60.7 Å². The first-order chi connectivity index (χ1) is 18.9. The van der Waals surface area contributed by atoms with Gasteiger partial charge in [-0.15, -0.1) is 0 Å². The van der Waals surface area contributed by atoms with Gasteiger partial charge in [0, 0.05) is 45.4 Å². The number of esters is 1. The molecule has 1 aliphatic rings. The standard InChI is InChI=1S/C32H49NO6/c1-3-33-31(36)17-11-5-4-10-16-27-28(30(35)24-29(27)34)22-21-26(20-19-25-14-8-6-9-15-25)39-32(37)18-12-7-13-23-38-2/h4,6,8-10,14-15,21-22,26-30,34-35H,3,5,7,11-13,16-20,23-24H2,1-2H3,(H,33,36)/b10-4-,22-21+/t26-,27+,28+,29-,30+/m0/s1. The van der Waals surface area contributed by atoms with Gasteiger partial charge in [0.2, 0.25) is 5.91 Å². The number of rotatable bonds is 19. The quantitative estimate of drug-likeness (QED) is 0.130. The molecular formula is C32H49NO6. The van der Waals surface area contributed by atoms with Crippen molar-refractivity contribution in [3.05, 3.63) is 60.2 Å². The van der Waals surface area contributed by atoms with Crippen molar-refractivity contribution < 1.29 is 29.3 Å². The Bertz CT molecular complexity index is 871. The summed E-state index contributed by atoms with van der Waals surface area (Å²) in [6, 6.07) is 10.1. The lowest BCUT2D eigenvalue weighted by Gasteiger charge is -2.21. The Morgan fingerprint density at radius 2 is 1.85 bits per heavy atom. The lowest BCUT2D eigenvalue weighted by Crippen LogP contribution is -2.22. The number of aliphatic hydroxyl groups is 2. The minimum absolute atomic E-state index is 0.0686. The third-order valence-electron chi connectivity index (χ3n) is 7.26. The molecule has 39 heavy (non-hydrogen) atoms. The summed E-state index contributed by atoms with van der Waals surface area (Å²) in [5, 5.41) is 24.1. The van der Waals surface area contributed by atoms with Crippen LogP contribution in [0.25, 0.3) is 0 Å². The highest BCUT2D eigenvalue weighted by atomic mass is 16.5. The van der Waals surface area contributed by atoms with Crippen molar-refractivity contribution >= 4 is 11.9 Å². The Morgan fingerprint density at radius 3 is 2.59 bits per heavy atom. The molecule has 2 rings (SSSR count). The molecule has 1 saturated carbocycles. The second-order valence-electron chi connectivity index (χ2n) is 10.4. The van der Waals surface area contributed by atoms with Crippen LogP contribution in [0, 0.1) is 11.8 Å². The average Bonchev–Trinajstić information content (AvgIpc) is 3.19. The zero-order valence-electron chi connectivity index (χ0n) is 23.8. The number of carbonyl (C=O) groups excluding carboxylic acids is 2. The van der Waals surface area contributed by atoms with Gasteiger partial charge in [0.05, 0.1) is 12.2 Å². The first-order valence-electron chi connectivity index (χ1n) is 14.6. The Morgan fingerprint density at radius 1 is 1.05 bits per heavy atom. The lowest BCUT2D eigenvalue weighted by atomic mass is 9.89. The van der Waals surface area contributed by atoms with Crippen molar-refractivity contribution in [3.63, 3.8) is 0 Å². The maximum Gasteiger partial charge on any atom is 0.306 e. The van der Waals surface area contributed by atoms with Crippen molar-refractivity contribution in [1.82, 2.24) is 5.32 Å². The fraction of sp³-hybridized carbons (Fsp3) is 0.625. The molecule has 0 aliphatic heterocycles. The first-order valence-corrected chi connectivity index (χ1v) is 14.6. The summed E-state index contributed by atoms with van der Waals surface area (Å²) in [6.07, 6.45) is 13.8.